The van der Waals surface area contributed by atoms with Crippen LogP contribution in [0.25, 0.3) is 11.5 Å². The van der Waals surface area contributed by atoms with Gasteiger partial charge < -0.3 is 19.8 Å². The topological polar surface area (TPSA) is 89.3 Å². The minimum absolute atomic E-state index is 0.319. The smallest absolute Gasteiger partial charge is 0.319 e. The molecule has 0 saturated carbocycles. The number of oxazole rings is 1. The fourth-order valence-electron chi connectivity index (χ4n) is 2.90. The van der Waals surface area contributed by atoms with Gasteiger partial charge in [-0.25, -0.2) is 19.2 Å². The van der Waals surface area contributed by atoms with E-state index in [1.54, 1.807) is 24.3 Å². The number of ether oxygens (including phenoxy) is 1. The summed E-state index contributed by atoms with van der Waals surface area (Å²) in [6, 6.07) is 18.8. The second kappa shape index (κ2) is 10.2. The van der Waals surface area contributed by atoms with Crippen LogP contribution in [0.2, 0.25) is 0 Å². The molecule has 7 nitrogen and oxygen atoms in total. The van der Waals surface area contributed by atoms with Gasteiger partial charge in [-0.2, -0.15) is 0 Å². The highest BCUT2D eigenvalue weighted by atomic mass is 19.1. The van der Waals surface area contributed by atoms with Crippen LogP contribution in [0.15, 0.2) is 83.6 Å². The third-order valence-corrected chi connectivity index (χ3v) is 4.53. The lowest BCUT2D eigenvalue weighted by Crippen LogP contribution is -2.30. The van der Waals surface area contributed by atoms with Crippen LogP contribution in [0.1, 0.15) is 11.3 Å². The molecule has 2 N–H and O–H groups in total. The SMILES string of the molecule is O=C(NCCc1coc(-c2ccc(F)cc2)n1)Nc1ccc(OCc2ccccc2)nc1. The Morgan fingerprint density at radius 1 is 1.03 bits per heavy atom. The lowest BCUT2D eigenvalue weighted by atomic mass is 10.2. The number of aromatic nitrogens is 2. The molecule has 0 unspecified atom stereocenters. The number of nitrogens with zero attached hydrogens (tertiary/aromatic N) is 2. The lowest BCUT2D eigenvalue weighted by Gasteiger charge is -2.08. The fourth-order valence-corrected chi connectivity index (χ4v) is 2.90. The van der Waals surface area contributed by atoms with E-state index in [0.29, 0.717) is 48.3 Å². The van der Waals surface area contributed by atoms with Crippen molar-refractivity contribution < 1.29 is 18.3 Å². The molecule has 162 valence electrons. The average Bonchev–Trinajstić information content (AvgIpc) is 3.29. The third kappa shape index (κ3) is 5.91. The molecule has 32 heavy (non-hydrogen) atoms. The summed E-state index contributed by atoms with van der Waals surface area (Å²) < 4.78 is 24.1. The molecular formula is C24H21FN4O3. The van der Waals surface area contributed by atoms with Gasteiger partial charge >= 0.3 is 6.03 Å². The summed E-state index contributed by atoms with van der Waals surface area (Å²) in [5, 5.41) is 5.48. The predicted molar refractivity (Wildman–Crippen MR) is 118 cm³/mol. The molecule has 2 amide bonds. The molecule has 4 rings (SSSR count). The van der Waals surface area contributed by atoms with Crippen LogP contribution >= 0.6 is 0 Å². The highest BCUT2D eigenvalue weighted by molar-refractivity contribution is 5.89. The Balaban J connectivity index is 1.20. The van der Waals surface area contributed by atoms with Crippen molar-refractivity contribution >= 4 is 11.7 Å². The van der Waals surface area contributed by atoms with Crippen LogP contribution in [0, 0.1) is 5.82 Å². The molecule has 0 atom stereocenters. The zero-order valence-corrected chi connectivity index (χ0v) is 17.1. The van der Waals surface area contributed by atoms with Crippen molar-refractivity contribution in [3.05, 3.63) is 96.3 Å². The zero-order valence-electron chi connectivity index (χ0n) is 17.1. The van der Waals surface area contributed by atoms with E-state index in [1.807, 2.05) is 30.3 Å². The quantitative estimate of drug-likeness (QED) is 0.417. The van der Waals surface area contributed by atoms with Gasteiger partial charge in [0.05, 0.1) is 17.6 Å². The molecule has 4 aromatic rings. The van der Waals surface area contributed by atoms with Crippen LogP contribution < -0.4 is 15.4 Å². The molecule has 2 heterocycles. The van der Waals surface area contributed by atoms with Gasteiger partial charge in [0.25, 0.3) is 0 Å². The van der Waals surface area contributed by atoms with E-state index in [2.05, 4.69) is 20.6 Å². The Morgan fingerprint density at radius 3 is 2.59 bits per heavy atom. The maximum absolute atomic E-state index is 13.0. The zero-order chi connectivity index (χ0) is 22.2. The second-order valence-corrected chi connectivity index (χ2v) is 6.94. The molecule has 0 aliphatic carbocycles. The van der Waals surface area contributed by atoms with Crippen LogP contribution in [0.4, 0.5) is 14.9 Å². The second-order valence-electron chi connectivity index (χ2n) is 6.94. The van der Waals surface area contributed by atoms with Crippen molar-refractivity contribution in [2.24, 2.45) is 0 Å². The van der Waals surface area contributed by atoms with E-state index < -0.39 is 0 Å². The van der Waals surface area contributed by atoms with Gasteiger partial charge in [0.1, 0.15) is 18.7 Å². The van der Waals surface area contributed by atoms with Crippen LogP contribution in [-0.2, 0) is 13.0 Å². The number of rotatable bonds is 8. The summed E-state index contributed by atoms with van der Waals surface area (Å²) in [7, 11) is 0. The van der Waals surface area contributed by atoms with Gasteiger partial charge in [-0.05, 0) is 35.9 Å². The first kappa shape index (κ1) is 21.0. The van der Waals surface area contributed by atoms with E-state index in [0.717, 1.165) is 5.56 Å². The first-order chi connectivity index (χ1) is 15.7. The van der Waals surface area contributed by atoms with Gasteiger partial charge in [-0.3, -0.25) is 0 Å². The first-order valence-corrected chi connectivity index (χ1v) is 10.0. The molecule has 0 saturated heterocycles. The number of amides is 2. The van der Waals surface area contributed by atoms with Gasteiger partial charge in [0.2, 0.25) is 11.8 Å². The van der Waals surface area contributed by atoms with Crippen LogP contribution in [-0.4, -0.2) is 22.5 Å². The van der Waals surface area contributed by atoms with Gasteiger partial charge in [-0.15, -0.1) is 0 Å². The monoisotopic (exact) mass is 432 g/mol. The average molecular weight is 432 g/mol. The maximum atomic E-state index is 13.0. The van der Waals surface area contributed by atoms with Crippen LogP contribution in [0.5, 0.6) is 5.88 Å². The fraction of sp³-hybridized carbons (Fsp3) is 0.125. The Hall–Kier alpha value is -4.20. The Kier molecular flexibility index (Phi) is 6.72. The number of urea groups is 1. The summed E-state index contributed by atoms with van der Waals surface area (Å²) in [4.78, 5) is 20.7. The number of carbonyl (C=O) groups excluding carboxylic acids is 1. The van der Waals surface area contributed by atoms with Gasteiger partial charge in [-0.1, -0.05) is 30.3 Å². The summed E-state index contributed by atoms with van der Waals surface area (Å²) >= 11 is 0. The molecule has 0 aliphatic rings. The predicted octanol–water partition coefficient (Wildman–Crippen LogP) is 4.82. The van der Waals surface area contributed by atoms with Crippen molar-refractivity contribution in [2.75, 3.05) is 11.9 Å². The van der Waals surface area contributed by atoms with Crippen LogP contribution in [0.3, 0.4) is 0 Å². The number of carbonyl (C=O) groups is 1. The molecule has 0 aliphatic heterocycles. The first-order valence-electron chi connectivity index (χ1n) is 10.0. The number of hydrogen-bond acceptors (Lipinski definition) is 5. The van der Waals surface area contributed by atoms with Gasteiger partial charge in [0.15, 0.2) is 0 Å². The van der Waals surface area contributed by atoms with Crippen molar-refractivity contribution in [3.63, 3.8) is 0 Å². The minimum atomic E-state index is -0.355. The molecular weight excluding hydrogens is 411 g/mol. The standard InChI is InChI=1S/C24H21FN4O3/c25-19-8-6-18(7-9-19)23-28-21(16-32-23)12-13-26-24(30)29-20-10-11-22(27-14-20)31-15-17-4-2-1-3-5-17/h1-11,14,16H,12-13,15H2,(H2,26,29,30). The molecule has 8 heteroatoms. The number of halogens is 1. The van der Waals surface area contributed by atoms with Crippen molar-refractivity contribution in [3.8, 4) is 17.3 Å². The van der Waals surface area contributed by atoms with E-state index in [9.17, 15) is 9.18 Å². The lowest BCUT2D eigenvalue weighted by molar-refractivity contribution is 0.252. The van der Waals surface area contributed by atoms with E-state index in [4.69, 9.17) is 9.15 Å². The Morgan fingerprint density at radius 2 is 1.84 bits per heavy atom. The maximum Gasteiger partial charge on any atom is 0.319 e. The summed E-state index contributed by atoms with van der Waals surface area (Å²) in [6.07, 6.45) is 3.55. The summed E-state index contributed by atoms with van der Waals surface area (Å²) in [5.41, 5.74) is 2.97. The van der Waals surface area contributed by atoms with E-state index in [-0.39, 0.29) is 11.8 Å². The summed E-state index contributed by atoms with van der Waals surface area (Å²) in [5.74, 6) is 0.563. The minimum Gasteiger partial charge on any atom is -0.473 e. The van der Waals surface area contributed by atoms with Crippen molar-refractivity contribution in [2.45, 2.75) is 13.0 Å². The number of anilines is 1. The Bertz CT molecular complexity index is 1150. The number of benzene rings is 2. The number of hydrogen-bond donors (Lipinski definition) is 2. The molecule has 0 bridgehead atoms. The van der Waals surface area contributed by atoms with E-state index in [1.165, 1.54) is 24.6 Å². The molecule has 0 fully saturated rings. The highest BCUT2D eigenvalue weighted by Gasteiger charge is 2.08. The highest BCUT2D eigenvalue weighted by Crippen LogP contribution is 2.19. The van der Waals surface area contributed by atoms with Crippen molar-refractivity contribution in [1.29, 1.82) is 0 Å². The van der Waals surface area contributed by atoms with Gasteiger partial charge in [0, 0.05) is 24.6 Å². The van der Waals surface area contributed by atoms with Crippen molar-refractivity contribution in [1.82, 2.24) is 15.3 Å². The third-order valence-electron chi connectivity index (χ3n) is 4.53. The largest absolute Gasteiger partial charge is 0.473 e. The number of pyridine rings is 1. The molecule has 2 aromatic carbocycles. The molecule has 0 spiro atoms. The normalized spacial score (nSPS) is 10.5. The molecule has 2 aromatic heterocycles. The van der Waals surface area contributed by atoms with E-state index >= 15 is 0 Å². The number of nitrogens with one attached hydrogen (secondary N) is 2. The Labute approximate surface area is 184 Å². The molecule has 0 radical (unpaired) electrons. The summed E-state index contributed by atoms with van der Waals surface area (Å²) in [6.45, 7) is 0.791.